The molecule has 0 fully saturated rings. The summed E-state index contributed by atoms with van der Waals surface area (Å²) in [5, 5.41) is 11.1. The molecule has 0 bridgehead atoms. The maximum atomic E-state index is 10.8. The molecule has 0 aliphatic carbocycles. The molecule has 5 heteroatoms. The van der Waals surface area contributed by atoms with Crippen LogP contribution in [-0.2, 0) is 5.41 Å². The average molecular weight is 239 g/mol. The third-order valence-electron chi connectivity index (χ3n) is 3.12. The van der Waals surface area contributed by atoms with Crippen LogP contribution >= 0.6 is 11.6 Å². The molecular weight excluding hydrogens is 228 g/mol. The third-order valence-corrected chi connectivity index (χ3v) is 3.40. The zero-order valence-corrected chi connectivity index (χ0v) is 10.00. The minimum absolute atomic E-state index is 0.0155. The van der Waals surface area contributed by atoms with E-state index in [0.29, 0.717) is 10.7 Å². The molecule has 0 spiro atoms. The first-order valence-electron chi connectivity index (χ1n) is 4.88. The summed E-state index contributed by atoms with van der Waals surface area (Å²) in [4.78, 5) is 14.7. The highest BCUT2D eigenvalue weighted by atomic mass is 35.5. The van der Waals surface area contributed by atoms with E-state index in [4.69, 9.17) is 11.6 Å². The number of nitrogens with zero attached hydrogens (tertiary/aromatic N) is 2. The van der Waals surface area contributed by atoms with Crippen molar-refractivity contribution in [3.63, 3.8) is 0 Å². The Bertz CT molecular complexity index is 521. The number of halogens is 1. The standard InChI is InChI=1S/C11H11ClN2O2/c1-6-11(2,3)8-4-7(14(15)16)5-9(12)10(8)13-6/h4-5H,1-3H3. The average Bonchev–Trinajstić information content (AvgIpc) is 2.40. The molecule has 1 aliphatic heterocycles. The van der Waals surface area contributed by atoms with Gasteiger partial charge in [0.1, 0.15) is 0 Å². The molecule has 0 atom stereocenters. The van der Waals surface area contributed by atoms with Crippen LogP contribution in [0.1, 0.15) is 26.3 Å². The molecule has 4 nitrogen and oxygen atoms in total. The largest absolute Gasteiger partial charge is 0.271 e. The van der Waals surface area contributed by atoms with E-state index in [1.54, 1.807) is 6.07 Å². The fourth-order valence-electron chi connectivity index (χ4n) is 1.78. The second-order valence-electron chi connectivity index (χ2n) is 4.40. The van der Waals surface area contributed by atoms with Gasteiger partial charge in [-0.05, 0) is 12.5 Å². The van der Waals surface area contributed by atoms with E-state index >= 15 is 0 Å². The summed E-state index contributed by atoms with van der Waals surface area (Å²) < 4.78 is 0. The predicted molar refractivity (Wildman–Crippen MR) is 63.9 cm³/mol. The normalized spacial score (nSPS) is 16.9. The summed E-state index contributed by atoms with van der Waals surface area (Å²) in [7, 11) is 0. The Morgan fingerprint density at radius 2 is 2.06 bits per heavy atom. The Morgan fingerprint density at radius 1 is 1.44 bits per heavy atom. The van der Waals surface area contributed by atoms with Gasteiger partial charge in [0.25, 0.3) is 5.69 Å². The summed E-state index contributed by atoms with van der Waals surface area (Å²) >= 11 is 6.00. The molecule has 0 amide bonds. The van der Waals surface area contributed by atoms with Crippen LogP contribution in [0, 0.1) is 10.1 Å². The van der Waals surface area contributed by atoms with E-state index in [1.807, 2.05) is 20.8 Å². The summed E-state index contributed by atoms with van der Waals surface area (Å²) in [6.45, 7) is 5.87. The van der Waals surface area contributed by atoms with Crippen LogP contribution in [0.5, 0.6) is 0 Å². The highest BCUT2D eigenvalue weighted by Gasteiger charge is 2.35. The van der Waals surface area contributed by atoms with Gasteiger partial charge in [-0.2, -0.15) is 0 Å². The Balaban J connectivity index is 2.70. The van der Waals surface area contributed by atoms with Crippen molar-refractivity contribution < 1.29 is 4.92 Å². The van der Waals surface area contributed by atoms with Crippen molar-refractivity contribution >= 4 is 28.7 Å². The molecule has 1 heterocycles. The molecule has 84 valence electrons. The van der Waals surface area contributed by atoms with Gasteiger partial charge in [0, 0.05) is 23.3 Å². The van der Waals surface area contributed by atoms with Crippen molar-refractivity contribution in [2.45, 2.75) is 26.2 Å². The van der Waals surface area contributed by atoms with Crippen LogP contribution in [0.3, 0.4) is 0 Å². The van der Waals surface area contributed by atoms with E-state index < -0.39 is 4.92 Å². The number of nitro benzene ring substituents is 1. The molecule has 1 aliphatic rings. The Hall–Kier alpha value is -1.42. The van der Waals surface area contributed by atoms with E-state index in [9.17, 15) is 10.1 Å². The van der Waals surface area contributed by atoms with Crippen molar-refractivity contribution in [2.75, 3.05) is 0 Å². The molecule has 0 radical (unpaired) electrons. The van der Waals surface area contributed by atoms with Crippen LogP contribution in [0.15, 0.2) is 17.1 Å². The molecule has 0 unspecified atom stereocenters. The summed E-state index contributed by atoms with van der Waals surface area (Å²) in [6.07, 6.45) is 0. The van der Waals surface area contributed by atoms with Crippen LogP contribution < -0.4 is 0 Å². The first kappa shape index (κ1) is 11.1. The van der Waals surface area contributed by atoms with Crippen LogP contribution in [0.4, 0.5) is 11.4 Å². The van der Waals surface area contributed by atoms with E-state index in [-0.39, 0.29) is 11.1 Å². The Labute approximate surface area is 98.1 Å². The fourth-order valence-corrected chi connectivity index (χ4v) is 2.04. The summed E-state index contributed by atoms with van der Waals surface area (Å²) in [6, 6.07) is 2.90. The molecule has 0 saturated carbocycles. The summed E-state index contributed by atoms with van der Waals surface area (Å²) in [5.41, 5.74) is 2.14. The van der Waals surface area contributed by atoms with Gasteiger partial charge >= 0.3 is 0 Å². The molecule has 0 N–H and O–H groups in total. The lowest BCUT2D eigenvalue weighted by molar-refractivity contribution is -0.384. The maximum absolute atomic E-state index is 10.8. The lowest BCUT2D eigenvalue weighted by Gasteiger charge is -2.19. The number of non-ortho nitro benzene ring substituents is 1. The lowest BCUT2D eigenvalue weighted by Crippen LogP contribution is -2.22. The smallest absolute Gasteiger partial charge is 0.258 e. The zero-order valence-electron chi connectivity index (χ0n) is 9.24. The monoisotopic (exact) mass is 238 g/mol. The van der Waals surface area contributed by atoms with Gasteiger partial charge in [0.15, 0.2) is 0 Å². The Kier molecular flexibility index (Phi) is 2.27. The van der Waals surface area contributed by atoms with Crippen LogP contribution in [0.2, 0.25) is 5.02 Å². The number of aliphatic imine (C=N–C) groups is 1. The predicted octanol–water partition coefficient (Wildman–Crippen LogP) is 3.63. The minimum atomic E-state index is -0.435. The van der Waals surface area contributed by atoms with Crippen LogP contribution in [0.25, 0.3) is 0 Å². The van der Waals surface area contributed by atoms with Gasteiger partial charge in [-0.3, -0.25) is 15.1 Å². The topological polar surface area (TPSA) is 55.5 Å². The van der Waals surface area contributed by atoms with E-state index in [0.717, 1.165) is 11.3 Å². The molecule has 16 heavy (non-hydrogen) atoms. The second kappa shape index (κ2) is 3.28. The number of hydrogen-bond acceptors (Lipinski definition) is 3. The molecule has 1 aromatic rings. The number of fused-ring (bicyclic) bond motifs is 1. The molecule has 0 aromatic heterocycles. The highest BCUT2D eigenvalue weighted by molar-refractivity contribution is 6.34. The van der Waals surface area contributed by atoms with E-state index in [2.05, 4.69) is 4.99 Å². The zero-order chi connectivity index (χ0) is 12.1. The Morgan fingerprint density at radius 3 is 2.62 bits per heavy atom. The SMILES string of the molecule is CC1=Nc2c(Cl)cc([N+](=O)[O-])cc2C1(C)C. The van der Waals surface area contributed by atoms with Gasteiger partial charge < -0.3 is 0 Å². The molecular formula is C11H11ClN2O2. The summed E-state index contributed by atoms with van der Waals surface area (Å²) in [5.74, 6) is 0. The van der Waals surface area contributed by atoms with E-state index in [1.165, 1.54) is 6.07 Å². The van der Waals surface area contributed by atoms with Crippen molar-refractivity contribution in [1.29, 1.82) is 0 Å². The van der Waals surface area contributed by atoms with Crippen molar-refractivity contribution in [3.05, 3.63) is 32.8 Å². The van der Waals surface area contributed by atoms with Crippen molar-refractivity contribution in [2.24, 2.45) is 4.99 Å². The first-order chi connectivity index (χ1) is 7.34. The lowest BCUT2D eigenvalue weighted by atomic mass is 9.82. The van der Waals surface area contributed by atoms with Gasteiger partial charge in [-0.25, -0.2) is 0 Å². The number of hydrogen-bond donors (Lipinski definition) is 0. The van der Waals surface area contributed by atoms with Crippen molar-refractivity contribution in [3.8, 4) is 0 Å². The fraction of sp³-hybridized carbons (Fsp3) is 0.364. The highest BCUT2D eigenvalue weighted by Crippen LogP contribution is 2.45. The maximum Gasteiger partial charge on any atom is 0.271 e. The number of benzene rings is 1. The van der Waals surface area contributed by atoms with Gasteiger partial charge in [0.05, 0.1) is 15.6 Å². The quantitative estimate of drug-likeness (QED) is 0.554. The number of nitro groups is 1. The van der Waals surface area contributed by atoms with Gasteiger partial charge in [-0.1, -0.05) is 25.4 Å². The first-order valence-corrected chi connectivity index (χ1v) is 5.26. The van der Waals surface area contributed by atoms with Crippen LogP contribution in [-0.4, -0.2) is 10.6 Å². The third kappa shape index (κ3) is 1.41. The van der Waals surface area contributed by atoms with Gasteiger partial charge in [0.2, 0.25) is 0 Å². The van der Waals surface area contributed by atoms with Gasteiger partial charge in [-0.15, -0.1) is 0 Å². The second-order valence-corrected chi connectivity index (χ2v) is 4.81. The number of rotatable bonds is 1. The molecule has 0 saturated heterocycles. The van der Waals surface area contributed by atoms with Crippen molar-refractivity contribution in [1.82, 2.24) is 0 Å². The molecule has 2 rings (SSSR count). The molecule has 1 aromatic carbocycles. The minimum Gasteiger partial charge on any atom is -0.258 e.